The molecule has 0 aliphatic carbocycles. The lowest BCUT2D eigenvalue weighted by Gasteiger charge is -2.12. The lowest BCUT2D eigenvalue weighted by atomic mass is 10.0. The van der Waals surface area contributed by atoms with Crippen LogP contribution in [0.1, 0.15) is 17.2 Å². The summed E-state index contributed by atoms with van der Waals surface area (Å²) in [5.41, 5.74) is 8.33. The molecule has 0 spiro atoms. The quantitative estimate of drug-likeness (QED) is 0.780. The second-order valence-corrected chi connectivity index (χ2v) is 6.19. The monoisotopic (exact) mass is 379 g/mol. The van der Waals surface area contributed by atoms with Gasteiger partial charge >= 0.3 is 0 Å². The van der Waals surface area contributed by atoms with Crippen LogP contribution < -0.4 is 5.73 Å². The minimum absolute atomic E-state index is 0.130. The van der Waals surface area contributed by atoms with Crippen LogP contribution in [-0.4, -0.2) is 0 Å². The zero-order chi connectivity index (χ0) is 11.7. The Morgan fingerprint density at radius 2 is 1.94 bits per heavy atom. The molecule has 0 saturated heterocycles. The van der Waals surface area contributed by atoms with Crippen molar-refractivity contribution in [3.05, 3.63) is 54.1 Å². The summed E-state index contributed by atoms with van der Waals surface area (Å²) in [6, 6.07) is 5.62. The third-order valence-corrected chi connectivity index (χ3v) is 5.25. The van der Waals surface area contributed by atoms with Gasteiger partial charge in [0.15, 0.2) is 0 Å². The van der Waals surface area contributed by atoms with Crippen LogP contribution in [0.25, 0.3) is 0 Å². The van der Waals surface area contributed by atoms with Crippen molar-refractivity contribution in [1.82, 2.24) is 0 Å². The Labute approximate surface area is 120 Å². The Kier molecular flexibility index (Phi) is 4.08. The fraction of sp³-hybridized carbons (Fsp3) is 0.0909. The predicted octanol–water partition coefficient (Wildman–Crippen LogP) is 4.97. The van der Waals surface area contributed by atoms with Crippen molar-refractivity contribution >= 4 is 54.8 Å². The molecule has 1 nitrogen and oxygen atoms in total. The average Bonchev–Trinajstić information content (AvgIpc) is 2.67. The van der Waals surface area contributed by atoms with Crippen LogP contribution in [0.15, 0.2) is 37.9 Å². The molecule has 0 aliphatic rings. The maximum Gasteiger partial charge on any atom is 0.0571 e. The van der Waals surface area contributed by atoms with Gasteiger partial charge in [0.05, 0.1) is 11.1 Å². The molecule has 0 bridgehead atoms. The fourth-order valence-corrected chi connectivity index (χ4v) is 3.49. The highest BCUT2D eigenvalue weighted by atomic mass is 79.9. The van der Waals surface area contributed by atoms with Gasteiger partial charge in [0, 0.05) is 14.3 Å². The molecule has 84 valence electrons. The second kappa shape index (κ2) is 5.19. The van der Waals surface area contributed by atoms with E-state index >= 15 is 0 Å². The fourth-order valence-electron chi connectivity index (χ4n) is 1.40. The van der Waals surface area contributed by atoms with Crippen LogP contribution in [0.4, 0.5) is 0 Å². The highest BCUT2D eigenvalue weighted by molar-refractivity contribution is 9.10. The molecular weight excluding hydrogens is 373 g/mol. The molecule has 5 heteroatoms. The standard InChI is InChI=1S/C11H8Br2ClNS/c12-8-3-6(1-2-10(8)14)11(15)7-4-16-5-9(7)13/h1-5,11H,15H2. The van der Waals surface area contributed by atoms with E-state index in [0.29, 0.717) is 5.02 Å². The van der Waals surface area contributed by atoms with Gasteiger partial charge in [-0.3, -0.25) is 0 Å². The maximum atomic E-state index is 6.19. The number of hydrogen-bond acceptors (Lipinski definition) is 2. The van der Waals surface area contributed by atoms with Crippen LogP contribution in [0.5, 0.6) is 0 Å². The summed E-state index contributed by atoms with van der Waals surface area (Å²) in [6.45, 7) is 0. The smallest absolute Gasteiger partial charge is 0.0571 e. The third kappa shape index (κ3) is 2.51. The maximum absolute atomic E-state index is 6.19. The first-order valence-corrected chi connectivity index (χ1v) is 7.42. The molecule has 16 heavy (non-hydrogen) atoms. The Hall–Kier alpha value is 0.130. The largest absolute Gasteiger partial charge is 0.320 e. The molecule has 1 atom stereocenters. The van der Waals surface area contributed by atoms with Crippen LogP contribution in [0, 0.1) is 0 Å². The van der Waals surface area contributed by atoms with Crippen molar-refractivity contribution in [2.75, 3.05) is 0 Å². The molecule has 2 aromatic rings. The number of rotatable bonds is 2. The summed E-state index contributed by atoms with van der Waals surface area (Å²) in [4.78, 5) is 0. The van der Waals surface area contributed by atoms with E-state index in [2.05, 4.69) is 37.2 Å². The van der Waals surface area contributed by atoms with Crippen LogP contribution in [0.2, 0.25) is 5.02 Å². The molecule has 0 saturated carbocycles. The molecule has 1 unspecified atom stereocenters. The normalized spacial score (nSPS) is 12.8. The molecular formula is C11H8Br2ClNS. The number of hydrogen-bond donors (Lipinski definition) is 1. The Morgan fingerprint density at radius 3 is 2.50 bits per heavy atom. The first kappa shape index (κ1) is 12.6. The van der Waals surface area contributed by atoms with E-state index in [1.165, 1.54) is 0 Å². The van der Waals surface area contributed by atoms with Crippen LogP contribution >= 0.6 is 54.8 Å². The van der Waals surface area contributed by atoms with Gasteiger partial charge in [-0.1, -0.05) is 17.7 Å². The Bertz CT molecular complexity index is 512. The molecule has 2 N–H and O–H groups in total. The van der Waals surface area contributed by atoms with E-state index in [4.69, 9.17) is 17.3 Å². The van der Waals surface area contributed by atoms with Gasteiger partial charge in [-0.05, 0) is 60.5 Å². The predicted molar refractivity (Wildman–Crippen MR) is 77.2 cm³/mol. The summed E-state index contributed by atoms with van der Waals surface area (Å²) < 4.78 is 1.92. The molecule has 0 fully saturated rings. The molecule has 1 heterocycles. The third-order valence-electron chi connectivity index (χ3n) is 2.28. The second-order valence-electron chi connectivity index (χ2n) is 3.33. The topological polar surface area (TPSA) is 26.0 Å². The van der Waals surface area contributed by atoms with Crippen molar-refractivity contribution < 1.29 is 0 Å². The van der Waals surface area contributed by atoms with Crippen molar-refractivity contribution in [3.8, 4) is 0 Å². The van der Waals surface area contributed by atoms with Crippen molar-refractivity contribution in [3.63, 3.8) is 0 Å². The van der Waals surface area contributed by atoms with Crippen molar-refractivity contribution in [2.45, 2.75) is 6.04 Å². The summed E-state index contributed by atoms with van der Waals surface area (Å²) in [5, 5.41) is 4.78. The van der Waals surface area contributed by atoms with E-state index in [-0.39, 0.29) is 6.04 Å². The first-order chi connectivity index (χ1) is 7.59. The molecule has 0 aliphatic heterocycles. The van der Waals surface area contributed by atoms with Gasteiger partial charge in [-0.25, -0.2) is 0 Å². The lowest BCUT2D eigenvalue weighted by Crippen LogP contribution is -2.11. The Morgan fingerprint density at radius 1 is 1.19 bits per heavy atom. The zero-order valence-electron chi connectivity index (χ0n) is 8.08. The molecule has 1 aromatic heterocycles. The summed E-state index contributed by atoms with van der Waals surface area (Å²) in [5.74, 6) is 0. The lowest BCUT2D eigenvalue weighted by molar-refractivity contribution is 0.871. The number of halogens is 3. The minimum Gasteiger partial charge on any atom is -0.320 e. The first-order valence-electron chi connectivity index (χ1n) is 4.51. The zero-order valence-corrected chi connectivity index (χ0v) is 12.8. The van der Waals surface area contributed by atoms with Gasteiger partial charge in [0.1, 0.15) is 0 Å². The van der Waals surface area contributed by atoms with Gasteiger partial charge in [0.25, 0.3) is 0 Å². The van der Waals surface area contributed by atoms with E-state index < -0.39 is 0 Å². The van der Waals surface area contributed by atoms with E-state index in [9.17, 15) is 0 Å². The van der Waals surface area contributed by atoms with Gasteiger partial charge in [-0.2, -0.15) is 11.3 Å². The van der Waals surface area contributed by atoms with Crippen molar-refractivity contribution in [1.29, 1.82) is 0 Å². The Balaban J connectivity index is 2.38. The van der Waals surface area contributed by atoms with E-state index in [0.717, 1.165) is 20.1 Å². The van der Waals surface area contributed by atoms with Gasteiger partial charge in [0.2, 0.25) is 0 Å². The molecule has 1 aromatic carbocycles. The summed E-state index contributed by atoms with van der Waals surface area (Å²) in [6.07, 6.45) is 0. The average molecular weight is 382 g/mol. The van der Waals surface area contributed by atoms with Crippen LogP contribution in [-0.2, 0) is 0 Å². The number of thiophene rings is 1. The summed E-state index contributed by atoms with van der Waals surface area (Å²) in [7, 11) is 0. The number of benzene rings is 1. The highest BCUT2D eigenvalue weighted by Crippen LogP contribution is 2.32. The van der Waals surface area contributed by atoms with E-state index in [1.54, 1.807) is 11.3 Å². The van der Waals surface area contributed by atoms with E-state index in [1.807, 2.05) is 23.6 Å². The van der Waals surface area contributed by atoms with Crippen molar-refractivity contribution in [2.24, 2.45) is 5.73 Å². The molecule has 2 rings (SSSR count). The SMILES string of the molecule is NC(c1ccc(Cl)c(Br)c1)c1cscc1Br. The minimum atomic E-state index is -0.130. The number of nitrogens with two attached hydrogens (primary N) is 1. The van der Waals surface area contributed by atoms with Crippen LogP contribution in [0.3, 0.4) is 0 Å². The van der Waals surface area contributed by atoms with Gasteiger partial charge < -0.3 is 5.73 Å². The summed E-state index contributed by atoms with van der Waals surface area (Å²) >= 11 is 14.5. The highest BCUT2D eigenvalue weighted by Gasteiger charge is 2.13. The van der Waals surface area contributed by atoms with Gasteiger partial charge in [-0.15, -0.1) is 0 Å². The molecule has 0 amide bonds. The molecule has 0 radical (unpaired) electrons.